The summed E-state index contributed by atoms with van der Waals surface area (Å²) in [4.78, 5) is 10.9. The second kappa shape index (κ2) is 5.18. The third kappa shape index (κ3) is 4.03. The Morgan fingerprint density at radius 1 is 1.55 bits per heavy atom. The maximum atomic E-state index is 12.4. The van der Waals surface area contributed by atoms with E-state index in [9.17, 15) is 9.18 Å². The average molecular weight is 177 g/mol. The molecule has 0 atom stereocenters. The summed E-state index contributed by atoms with van der Waals surface area (Å²) in [6, 6.07) is 0. The summed E-state index contributed by atoms with van der Waals surface area (Å²) in [5.41, 5.74) is 0.152. The van der Waals surface area contributed by atoms with E-state index in [2.05, 4.69) is 5.32 Å². The van der Waals surface area contributed by atoms with Crippen molar-refractivity contribution in [3.8, 4) is 0 Å². The van der Waals surface area contributed by atoms with Crippen LogP contribution in [0.5, 0.6) is 0 Å². The van der Waals surface area contributed by atoms with E-state index < -0.39 is 5.83 Å². The van der Waals surface area contributed by atoms with Crippen LogP contribution in [0.1, 0.15) is 13.8 Å². The van der Waals surface area contributed by atoms with Gasteiger partial charge in [-0.05, 0) is 20.1 Å². The van der Waals surface area contributed by atoms with Gasteiger partial charge in [-0.3, -0.25) is 4.79 Å². The molecular formula is C7H12FNOS. The van der Waals surface area contributed by atoms with Crippen LogP contribution in [0, 0.1) is 0 Å². The molecule has 0 aromatic carbocycles. The Labute approximate surface area is 70.2 Å². The second-order valence-electron chi connectivity index (χ2n) is 2.10. The van der Waals surface area contributed by atoms with Gasteiger partial charge in [-0.25, -0.2) is 4.39 Å². The SMILES string of the molecule is CSCNC(=O)/C(C)=C(/C)F. The van der Waals surface area contributed by atoms with Crippen LogP contribution in [-0.4, -0.2) is 18.0 Å². The summed E-state index contributed by atoms with van der Waals surface area (Å²) in [7, 11) is 0. The summed E-state index contributed by atoms with van der Waals surface area (Å²) in [5, 5.41) is 2.54. The molecule has 0 rings (SSSR count). The molecule has 0 radical (unpaired) electrons. The molecule has 2 nitrogen and oxygen atoms in total. The molecule has 0 aliphatic heterocycles. The number of carbonyl (C=O) groups is 1. The molecule has 0 aromatic rings. The Morgan fingerprint density at radius 3 is 2.45 bits per heavy atom. The predicted molar refractivity (Wildman–Crippen MR) is 46.0 cm³/mol. The van der Waals surface area contributed by atoms with Crippen LogP contribution in [0.15, 0.2) is 11.4 Å². The first-order valence-corrected chi connectivity index (χ1v) is 4.59. The molecular weight excluding hydrogens is 165 g/mol. The number of carbonyl (C=O) groups excluding carboxylic acids is 1. The van der Waals surface area contributed by atoms with Gasteiger partial charge in [0.25, 0.3) is 0 Å². The fourth-order valence-corrected chi connectivity index (χ4v) is 0.702. The van der Waals surface area contributed by atoms with Gasteiger partial charge in [-0.2, -0.15) is 0 Å². The normalized spacial score (nSPS) is 12.4. The van der Waals surface area contributed by atoms with Crippen molar-refractivity contribution in [2.75, 3.05) is 12.1 Å². The highest BCUT2D eigenvalue weighted by Crippen LogP contribution is 2.03. The van der Waals surface area contributed by atoms with Crippen molar-refractivity contribution in [2.24, 2.45) is 0 Å². The standard InChI is InChI=1S/C7H12FNOS/c1-5(6(2)8)7(10)9-4-11-3/h4H2,1-3H3,(H,9,10)/b6-5-. The van der Waals surface area contributed by atoms with Gasteiger partial charge in [0.05, 0.1) is 5.88 Å². The number of thioether (sulfide) groups is 1. The smallest absolute Gasteiger partial charge is 0.250 e. The van der Waals surface area contributed by atoms with Crippen LogP contribution >= 0.6 is 11.8 Å². The molecule has 0 aliphatic rings. The van der Waals surface area contributed by atoms with E-state index in [-0.39, 0.29) is 11.5 Å². The van der Waals surface area contributed by atoms with Gasteiger partial charge in [-0.15, -0.1) is 11.8 Å². The van der Waals surface area contributed by atoms with Crippen LogP contribution in [0.2, 0.25) is 0 Å². The third-order valence-corrected chi connectivity index (χ3v) is 1.67. The lowest BCUT2D eigenvalue weighted by atomic mass is 10.2. The Kier molecular flexibility index (Phi) is 4.94. The van der Waals surface area contributed by atoms with E-state index in [4.69, 9.17) is 0 Å². The molecule has 1 N–H and O–H groups in total. The van der Waals surface area contributed by atoms with E-state index in [0.717, 1.165) is 0 Å². The van der Waals surface area contributed by atoms with E-state index in [0.29, 0.717) is 5.88 Å². The number of allylic oxidation sites excluding steroid dienone is 1. The maximum absolute atomic E-state index is 12.4. The summed E-state index contributed by atoms with van der Waals surface area (Å²) >= 11 is 1.48. The molecule has 1 amide bonds. The lowest BCUT2D eigenvalue weighted by Gasteiger charge is -2.02. The largest absolute Gasteiger partial charge is 0.343 e. The van der Waals surface area contributed by atoms with Crippen molar-refractivity contribution in [3.63, 3.8) is 0 Å². The molecule has 0 unspecified atom stereocenters. The first-order valence-electron chi connectivity index (χ1n) is 3.19. The Morgan fingerprint density at radius 2 is 2.09 bits per heavy atom. The van der Waals surface area contributed by atoms with Crippen molar-refractivity contribution in [3.05, 3.63) is 11.4 Å². The highest BCUT2D eigenvalue weighted by Gasteiger charge is 2.05. The van der Waals surface area contributed by atoms with Crippen LogP contribution in [-0.2, 0) is 4.79 Å². The Hall–Kier alpha value is -0.510. The highest BCUT2D eigenvalue weighted by molar-refractivity contribution is 7.98. The predicted octanol–water partition coefficient (Wildman–Crippen LogP) is 1.69. The quantitative estimate of drug-likeness (QED) is 0.525. The Bertz CT molecular complexity index is 175. The van der Waals surface area contributed by atoms with Gasteiger partial charge in [0.2, 0.25) is 5.91 Å². The first kappa shape index (κ1) is 10.5. The van der Waals surface area contributed by atoms with Crippen molar-refractivity contribution in [2.45, 2.75) is 13.8 Å². The molecule has 0 spiro atoms. The monoisotopic (exact) mass is 177 g/mol. The van der Waals surface area contributed by atoms with Gasteiger partial charge in [-0.1, -0.05) is 0 Å². The summed E-state index contributed by atoms with van der Waals surface area (Å²) in [5.74, 6) is -0.244. The highest BCUT2D eigenvalue weighted by atomic mass is 32.2. The number of halogens is 1. The zero-order chi connectivity index (χ0) is 8.85. The first-order chi connectivity index (χ1) is 5.09. The topological polar surface area (TPSA) is 29.1 Å². The maximum Gasteiger partial charge on any atom is 0.250 e. The lowest BCUT2D eigenvalue weighted by Crippen LogP contribution is -2.23. The zero-order valence-electron chi connectivity index (χ0n) is 6.90. The minimum atomic E-state index is -0.427. The van der Waals surface area contributed by atoms with Crippen molar-refractivity contribution in [1.82, 2.24) is 5.32 Å². The molecule has 0 saturated heterocycles. The zero-order valence-corrected chi connectivity index (χ0v) is 7.72. The third-order valence-electron chi connectivity index (χ3n) is 1.23. The van der Waals surface area contributed by atoms with Crippen molar-refractivity contribution >= 4 is 17.7 Å². The van der Waals surface area contributed by atoms with Crippen LogP contribution in [0.3, 0.4) is 0 Å². The fraction of sp³-hybridized carbons (Fsp3) is 0.571. The number of hydrogen-bond acceptors (Lipinski definition) is 2. The van der Waals surface area contributed by atoms with E-state index >= 15 is 0 Å². The lowest BCUT2D eigenvalue weighted by molar-refractivity contribution is -0.117. The average Bonchev–Trinajstić information content (AvgIpc) is 1.98. The minimum Gasteiger partial charge on any atom is -0.343 e. The number of amides is 1. The molecule has 11 heavy (non-hydrogen) atoms. The van der Waals surface area contributed by atoms with E-state index in [1.165, 1.54) is 25.6 Å². The molecule has 64 valence electrons. The second-order valence-corrected chi connectivity index (χ2v) is 2.96. The van der Waals surface area contributed by atoms with Crippen LogP contribution in [0.25, 0.3) is 0 Å². The van der Waals surface area contributed by atoms with Gasteiger partial charge in [0, 0.05) is 5.57 Å². The van der Waals surface area contributed by atoms with Gasteiger partial charge < -0.3 is 5.32 Å². The molecule has 0 bridgehead atoms. The van der Waals surface area contributed by atoms with Gasteiger partial charge in [0.1, 0.15) is 5.83 Å². The van der Waals surface area contributed by atoms with E-state index in [1.807, 2.05) is 6.26 Å². The van der Waals surface area contributed by atoms with Crippen LogP contribution in [0.4, 0.5) is 4.39 Å². The summed E-state index contributed by atoms with van der Waals surface area (Å²) < 4.78 is 12.4. The summed E-state index contributed by atoms with van der Waals surface area (Å²) in [6.45, 7) is 2.74. The van der Waals surface area contributed by atoms with Crippen LogP contribution < -0.4 is 5.32 Å². The van der Waals surface area contributed by atoms with Gasteiger partial charge in [0.15, 0.2) is 0 Å². The fourth-order valence-electron chi connectivity index (χ4n) is 0.427. The van der Waals surface area contributed by atoms with Crippen molar-refractivity contribution < 1.29 is 9.18 Å². The van der Waals surface area contributed by atoms with E-state index in [1.54, 1.807) is 0 Å². The Balaban J connectivity index is 3.95. The molecule has 4 heteroatoms. The number of rotatable bonds is 3. The minimum absolute atomic E-state index is 0.152. The molecule has 0 aromatic heterocycles. The molecule has 0 aliphatic carbocycles. The number of hydrogen-bond donors (Lipinski definition) is 1. The molecule has 0 fully saturated rings. The molecule has 0 heterocycles. The van der Waals surface area contributed by atoms with Gasteiger partial charge >= 0.3 is 0 Å². The van der Waals surface area contributed by atoms with Crippen molar-refractivity contribution in [1.29, 1.82) is 0 Å². The molecule has 0 saturated carbocycles. The number of nitrogens with one attached hydrogen (secondary N) is 1. The summed E-state index contributed by atoms with van der Waals surface area (Å²) in [6.07, 6.45) is 1.86.